The molecule has 1 fully saturated rings. The van der Waals surface area contributed by atoms with Gasteiger partial charge >= 0.3 is 23.9 Å². The Morgan fingerprint density at radius 3 is 0.903 bits per heavy atom. The van der Waals surface area contributed by atoms with E-state index in [-0.39, 0.29) is 85.3 Å². The Morgan fingerprint density at radius 1 is 0.333 bits per heavy atom. The maximum Gasteiger partial charge on any atom is 0.335 e. The van der Waals surface area contributed by atoms with E-state index in [9.17, 15) is 38.7 Å². The van der Waals surface area contributed by atoms with Crippen molar-refractivity contribution in [1.29, 1.82) is 0 Å². The van der Waals surface area contributed by atoms with Crippen LogP contribution in [0.2, 0.25) is 0 Å². The number of benzene rings is 9. The molecule has 20 heteroatoms. The first-order valence-corrected chi connectivity index (χ1v) is 29.5. The Morgan fingerprint density at radius 2 is 0.602 bits per heavy atom. The molecule has 0 radical (unpaired) electrons. The highest BCUT2D eigenvalue weighted by atomic mass is 16.6. The maximum atomic E-state index is 14.9. The first-order chi connectivity index (χ1) is 45.4. The summed E-state index contributed by atoms with van der Waals surface area (Å²) in [5.41, 5.74) is 3.45. The number of para-hydroxylation sites is 2. The fourth-order valence-electron chi connectivity index (χ4n) is 9.47. The van der Waals surface area contributed by atoms with Gasteiger partial charge in [0.25, 0.3) is 17.7 Å². The topological polar surface area (TPSA) is 259 Å². The van der Waals surface area contributed by atoms with Gasteiger partial charge in [-0.15, -0.1) is 0 Å². The number of ether oxygens (including phenoxy) is 9. The molecule has 1 heterocycles. The van der Waals surface area contributed by atoms with Gasteiger partial charge in [0.15, 0.2) is 52.6 Å². The van der Waals surface area contributed by atoms with E-state index in [4.69, 9.17) is 42.6 Å². The third-order valence-corrected chi connectivity index (χ3v) is 14.3. The van der Waals surface area contributed by atoms with Crippen LogP contribution in [0.15, 0.2) is 231 Å². The van der Waals surface area contributed by atoms with Crippen LogP contribution in [0.5, 0.6) is 34.5 Å². The molecular formula is C73H63N3O17. The van der Waals surface area contributed by atoms with Crippen molar-refractivity contribution >= 4 is 41.6 Å². The lowest BCUT2D eigenvalue weighted by Crippen LogP contribution is -2.52. The lowest BCUT2D eigenvalue weighted by Gasteiger charge is -2.25. The summed E-state index contributed by atoms with van der Waals surface area (Å²) in [7, 11) is 0. The first-order valence-electron chi connectivity index (χ1n) is 29.5. The SMILES string of the molecule is O=C(O)c1cc(OCc2ccccc2)c(OCc2ccccc2)c(C(=O)N[C@H]2COC(=O)[C@@H](NC(=O)c3cccc(OCc4ccccc4)c3OCc3ccccc3)COC(=O)[C@@H](NC(=O)c3cccc(OCc4ccccc4)c3OCc3ccccc3)COC2=O)c1. The smallest absolute Gasteiger partial charge is 0.335 e. The molecule has 472 valence electrons. The molecule has 20 nitrogen and oxygen atoms in total. The van der Waals surface area contributed by atoms with Crippen molar-refractivity contribution in [1.82, 2.24) is 16.0 Å². The summed E-state index contributed by atoms with van der Waals surface area (Å²) in [6, 6.07) is 60.3. The highest BCUT2D eigenvalue weighted by molar-refractivity contribution is 6.03. The average molecular weight is 1250 g/mol. The van der Waals surface area contributed by atoms with E-state index in [0.717, 1.165) is 28.3 Å². The fourth-order valence-corrected chi connectivity index (χ4v) is 9.47. The van der Waals surface area contributed by atoms with Gasteiger partial charge in [0.05, 0.1) is 22.3 Å². The predicted octanol–water partition coefficient (Wildman–Crippen LogP) is 10.2. The van der Waals surface area contributed by atoms with Gasteiger partial charge in [0.1, 0.15) is 59.5 Å². The average Bonchev–Trinajstić information content (AvgIpc) is 1.12. The number of esters is 3. The highest BCUT2D eigenvalue weighted by Gasteiger charge is 2.36. The van der Waals surface area contributed by atoms with E-state index < -0.39 is 90.7 Å². The molecule has 0 saturated carbocycles. The molecule has 0 unspecified atom stereocenters. The van der Waals surface area contributed by atoms with Crippen molar-refractivity contribution in [2.45, 2.75) is 57.8 Å². The number of carbonyl (C=O) groups excluding carboxylic acids is 6. The van der Waals surface area contributed by atoms with Crippen molar-refractivity contribution in [3.05, 3.63) is 286 Å². The Balaban J connectivity index is 0.975. The zero-order valence-electron chi connectivity index (χ0n) is 50.0. The molecule has 0 aromatic heterocycles. The van der Waals surface area contributed by atoms with Crippen LogP contribution in [0.1, 0.15) is 74.8 Å². The number of nitrogens with one attached hydrogen (secondary N) is 3. The van der Waals surface area contributed by atoms with Crippen LogP contribution in [0, 0.1) is 0 Å². The molecule has 0 aliphatic carbocycles. The number of carbonyl (C=O) groups is 7. The van der Waals surface area contributed by atoms with Crippen LogP contribution in [0.3, 0.4) is 0 Å². The number of rotatable bonds is 25. The molecule has 9 aromatic carbocycles. The van der Waals surface area contributed by atoms with Crippen molar-refractivity contribution < 1.29 is 81.3 Å². The zero-order valence-corrected chi connectivity index (χ0v) is 50.0. The molecule has 9 aromatic rings. The molecule has 1 aliphatic rings. The number of carboxylic acids is 1. The third-order valence-electron chi connectivity index (χ3n) is 14.3. The van der Waals surface area contributed by atoms with Crippen LogP contribution in [-0.4, -0.2) is 84.7 Å². The quantitative estimate of drug-likeness (QED) is 0.0306. The summed E-state index contributed by atoms with van der Waals surface area (Å²) in [5.74, 6) is -8.26. The molecule has 10 rings (SSSR count). The second-order valence-electron chi connectivity index (χ2n) is 21.0. The summed E-state index contributed by atoms with van der Waals surface area (Å²) in [6.07, 6.45) is 0. The summed E-state index contributed by atoms with van der Waals surface area (Å²) in [5, 5.41) is 18.0. The summed E-state index contributed by atoms with van der Waals surface area (Å²) >= 11 is 0. The van der Waals surface area contributed by atoms with E-state index in [1.165, 1.54) is 18.2 Å². The van der Waals surface area contributed by atoms with Crippen LogP contribution in [0.4, 0.5) is 0 Å². The summed E-state index contributed by atoms with van der Waals surface area (Å²) in [4.78, 5) is 101. The lowest BCUT2D eigenvalue weighted by molar-refractivity contribution is -0.160. The van der Waals surface area contributed by atoms with Crippen molar-refractivity contribution in [2.24, 2.45) is 0 Å². The van der Waals surface area contributed by atoms with Crippen LogP contribution in [-0.2, 0) is 68.2 Å². The van der Waals surface area contributed by atoms with E-state index in [1.54, 1.807) is 84.9 Å². The van der Waals surface area contributed by atoms with E-state index in [2.05, 4.69) is 16.0 Å². The Bertz CT molecular complexity index is 3890. The normalized spacial score (nSPS) is 14.8. The van der Waals surface area contributed by atoms with E-state index >= 15 is 0 Å². The van der Waals surface area contributed by atoms with Gasteiger partial charge < -0.3 is 63.7 Å². The molecule has 93 heavy (non-hydrogen) atoms. The fraction of sp³-hybridized carbons (Fsp3) is 0.164. The van der Waals surface area contributed by atoms with E-state index in [0.29, 0.717) is 11.1 Å². The monoisotopic (exact) mass is 1250 g/mol. The predicted molar refractivity (Wildman–Crippen MR) is 338 cm³/mol. The zero-order chi connectivity index (χ0) is 64.7. The summed E-state index contributed by atoms with van der Waals surface area (Å²) < 4.78 is 54.5. The number of hydrogen-bond acceptors (Lipinski definition) is 16. The summed E-state index contributed by atoms with van der Waals surface area (Å²) in [6.45, 7) is -2.92. The second-order valence-corrected chi connectivity index (χ2v) is 21.0. The lowest BCUT2D eigenvalue weighted by atomic mass is 10.1. The number of carboxylic acid groups (broad SMARTS) is 1. The number of amides is 3. The Labute approximate surface area is 534 Å². The van der Waals surface area contributed by atoms with Gasteiger partial charge in [-0.3, -0.25) is 14.4 Å². The minimum atomic E-state index is -1.94. The van der Waals surface area contributed by atoms with Gasteiger partial charge in [0, 0.05) is 0 Å². The Kier molecular flexibility index (Phi) is 22.0. The largest absolute Gasteiger partial charge is 0.485 e. The van der Waals surface area contributed by atoms with Gasteiger partial charge in [-0.25, -0.2) is 19.2 Å². The van der Waals surface area contributed by atoms with Gasteiger partial charge in [-0.2, -0.15) is 0 Å². The van der Waals surface area contributed by atoms with Gasteiger partial charge in [-0.1, -0.05) is 194 Å². The van der Waals surface area contributed by atoms with Crippen LogP contribution >= 0.6 is 0 Å². The molecule has 0 spiro atoms. The second kappa shape index (κ2) is 32.0. The molecule has 0 bridgehead atoms. The Hall–Kier alpha value is -11.9. The van der Waals surface area contributed by atoms with Crippen LogP contribution in [0.25, 0.3) is 0 Å². The van der Waals surface area contributed by atoms with Crippen molar-refractivity contribution in [2.75, 3.05) is 19.8 Å². The third kappa shape index (κ3) is 17.9. The van der Waals surface area contributed by atoms with Crippen molar-refractivity contribution in [3.8, 4) is 34.5 Å². The van der Waals surface area contributed by atoms with Gasteiger partial charge in [-0.05, 0) is 69.8 Å². The number of cyclic esters (lactones) is 3. The number of aromatic carboxylic acids is 1. The van der Waals surface area contributed by atoms with E-state index in [1.807, 2.05) is 121 Å². The minimum Gasteiger partial charge on any atom is -0.485 e. The first kappa shape index (κ1) is 64.1. The molecule has 1 aliphatic heterocycles. The molecule has 4 N–H and O–H groups in total. The standard InChI is InChI=1S/C73H63N3O17/c77-67(55-33-19-35-61(85-39-48-21-7-1-8-22-48)64(55)88-42-51-27-13-4-14-28-51)74-58-45-91-71(82)59(75-68(78)56-34-20-36-62(86-40-49-23-9-2-10-24-49)65(56)89-43-52-29-15-5-16-30-52)46-92-73(84)60(47-93-72(58)83)76-69(79)57-37-54(70(80)81)38-63(87-41-50-25-11-3-12-26-50)66(57)90-44-53-31-17-6-18-32-53/h1-38,58-60H,39-47H2,(H,74,77)(H,75,78)(H,76,79)(H,80,81)/t58-,59-,60-/m0/s1. The molecule has 1 saturated heterocycles. The number of hydrogen-bond donors (Lipinski definition) is 4. The van der Waals surface area contributed by atoms with Crippen LogP contribution < -0.4 is 44.4 Å². The molecular weight excluding hydrogens is 1190 g/mol. The maximum absolute atomic E-state index is 14.9. The highest BCUT2D eigenvalue weighted by Crippen LogP contribution is 2.37. The van der Waals surface area contributed by atoms with Gasteiger partial charge in [0.2, 0.25) is 0 Å². The molecule has 3 amide bonds. The van der Waals surface area contributed by atoms with Crippen molar-refractivity contribution in [3.63, 3.8) is 0 Å². The minimum absolute atomic E-state index is 0.00374. The molecule has 3 atom stereocenters.